The molecule has 23 N–H and O–H groups in total. The molecule has 36 nitrogen and oxygen atoms in total. The summed E-state index contributed by atoms with van der Waals surface area (Å²) >= 11 is 0. The Bertz CT molecular complexity index is 1810. The van der Waals surface area contributed by atoms with E-state index in [0.29, 0.717) is 0 Å². The van der Waals surface area contributed by atoms with Gasteiger partial charge < -0.3 is 179 Å². The lowest BCUT2D eigenvalue weighted by molar-refractivity contribution is -0.398. The van der Waals surface area contributed by atoms with Crippen LogP contribution in [0.25, 0.3) is 0 Å². The fourth-order valence-electron chi connectivity index (χ4n) is 10.0. The highest BCUT2D eigenvalue weighted by molar-refractivity contribution is 5.01. The first-order valence-corrected chi connectivity index (χ1v) is 24.7. The first-order chi connectivity index (χ1) is 37.0. The Hall–Kier alpha value is -1.44. The molecular weight excluding hydrogens is 1080 g/mol. The van der Waals surface area contributed by atoms with Gasteiger partial charge in [0.15, 0.2) is 44.0 Å². The van der Waals surface area contributed by atoms with Gasteiger partial charge in [0.05, 0.1) is 46.2 Å². The molecule has 7 fully saturated rings. The van der Waals surface area contributed by atoms with Crippen molar-refractivity contribution in [1.29, 1.82) is 0 Å². The van der Waals surface area contributed by atoms with Gasteiger partial charge in [0, 0.05) is 0 Å². The minimum Gasteiger partial charge on any atom is -0.394 e. The van der Waals surface area contributed by atoms with Gasteiger partial charge in [-0.25, -0.2) is 0 Å². The predicted octanol–water partition coefficient (Wildman–Crippen LogP) is -16.3. The molecule has 0 saturated carbocycles. The van der Waals surface area contributed by atoms with Crippen LogP contribution in [0.15, 0.2) is 0 Å². The highest BCUT2D eigenvalue weighted by Crippen LogP contribution is 2.37. The van der Waals surface area contributed by atoms with Gasteiger partial charge >= 0.3 is 0 Å². The zero-order chi connectivity index (χ0) is 57.3. The molecule has 7 heterocycles. The summed E-state index contributed by atoms with van der Waals surface area (Å²) in [5.74, 6) is 0. The van der Waals surface area contributed by atoms with Crippen molar-refractivity contribution in [3.63, 3.8) is 0 Å². The van der Waals surface area contributed by atoms with Crippen LogP contribution in [-0.2, 0) is 61.6 Å². The van der Waals surface area contributed by atoms with Crippen molar-refractivity contribution < 1.29 is 179 Å². The number of aliphatic hydroxyl groups is 23. The van der Waals surface area contributed by atoms with E-state index in [1.807, 2.05) is 0 Å². The molecule has 0 aromatic rings. The summed E-state index contributed by atoms with van der Waals surface area (Å²) in [6.45, 7) is -6.86. The van der Waals surface area contributed by atoms with Gasteiger partial charge in [-0.2, -0.15) is 0 Å². The molecule has 0 radical (unpaired) electrons. The Labute approximate surface area is 439 Å². The lowest BCUT2D eigenvalue weighted by Crippen LogP contribution is -2.68. The molecule has 7 aliphatic heterocycles. The number of hydrogen-bond acceptors (Lipinski definition) is 36. The molecule has 36 heteroatoms. The number of aliphatic hydroxyl groups excluding tert-OH is 23. The van der Waals surface area contributed by atoms with Crippen LogP contribution >= 0.6 is 0 Å². The van der Waals surface area contributed by atoms with Gasteiger partial charge in [-0.1, -0.05) is 0 Å². The molecule has 14 unspecified atom stereocenters. The smallest absolute Gasteiger partial charge is 0.187 e. The van der Waals surface area contributed by atoms with E-state index in [-0.39, 0.29) is 0 Å². The van der Waals surface area contributed by atoms with Crippen molar-refractivity contribution in [2.75, 3.05) is 46.2 Å². The zero-order valence-electron chi connectivity index (χ0n) is 40.8. The van der Waals surface area contributed by atoms with E-state index in [1.165, 1.54) is 0 Å². The highest BCUT2D eigenvalue weighted by Gasteiger charge is 2.58. The summed E-state index contributed by atoms with van der Waals surface area (Å²) in [5.41, 5.74) is 0. The third-order valence-electron chi connectivity index (χ3n) is 14.5. The lowest BCUT2D eigenvalue weighted by Gasteiger charge is -2.50. The lowest BCUT2D eigenvalue weighted by atomic mass is 9.95. The summed E-state index contributed by atoms with van der Waals surface area (Å²) in [6.07, 6.45) is -67.4. The molecular formula is C42H72O36. The van der Waals surface area contributed by atoms with Crippen LogP contribution in [0, 0.1) is 0 Å². The third-order valence-corrected chi connectivity index (χ3v) is 14.5. The van der Waals surface area contributed by atoms with Gasteiger partial charge in [0.2, 0.25) is 0 Å². The second-order valence-corrected chi connectivity index (χ2v) is 19.6. The molecule has 7 rings (SSSR count). The summed E-state index contributed by atoms with van der Waals surface area (Å²) in [4.78, 5) is 0. The van der Waals surface area contributed by atoms with Crippen LogP contribution < -0.4 is 0 Å². The van der Waals surface area contributed by atoms with E-state index in [9.17, 15) is 117 Å². The first-order valence-electron chi connectivity index (χ1n) is 24.7. The van der Waals surface area contributed by atoms with Gasteiger partial charge in [0.1, 0.15) is 171 Å². The van der Waals surface area contributed by atoms with E-state index in [4.69, 9.17) is 61.6 Å². The molecule has 0 amide bonds. The van der Waals surface area contributed by atoms with Crippen molar-refractivity contribution in [3.05, 3.63) is 0 Å². The minimum absolute atomic E-state index is 0.843. The fourth-order valence-corrected chi connectivity index (χ4v) is 10.0. The highest BCUT2D eigenvalue weighted by atomic mass is 16.8. The molecule has 7 saturated heterocycles. The van der Waals surface area contributed by atoms with Crippen LogP contribution in [0.3, 0.4) is 0 Å². The topological polar surface area (TPSA) is 585 Å². The normalized spacial score (nSPS) is 53.5. The van der Waals surface area contributed by atoms with Gasteiger partial charge in [0.25, 0.3) is 0 Å². The largest absolute Gasteiger partial charge is 0.394 e. The molecule has 7 aliphatic rings. The maximum absolute atomic E-state index is 11.3. The maximum Gasteiger partial charge on any atom is 0.187 e. The molecule has 0 aromatic carbocycles. The van der Waals surface area contributed by atoms with Crippen molar-refractivity contribution in [3.8, 4) is 0 Å². The quantitative estimate of drug-likeness (QED) is 0.0571. The number of ether oxygens (including phenoxy) is 13. The van der Waals surface area contributed by atoms with Crippen molar-refractivity contribution in [2.24, 2.45) is 0 Å². The molecule has 0 spiro atoms. The summed E-state index contributed by atoms with van der Waals surface area (Å²) in [7, 11) is 0. The monoisotopic (exact) mass is 1150 g/mol. The molecule has 78 heavy (non-hydrogen) atoms. The Morgan fingerprint density at radius 1 is 0.192 bits per heavy atom. The molecule has 0 aliphatic carbocycles. The van der Waals surface area contributed by atoms with Crippen LogP contribution in [0.4, 0.5) is 0 Å². The SMILES string of the molecule is OCC1O[C@H](O[C@@H]2C(CO)O[C@H](O[C@@H]3C(CO)O[C@H](O[C@@H]4C(CO)O[C@H](O[C@@H]5C(CO)O[C@H](O[C@@H]6C(CO)O[C@H](O[C@@H]7C(CO)O[C@@H](O)C(O)[C@H]7O)C(O)[C@H]6O)C(O)[C@H]5O)C(O)[C@H]4O)C(O)[C@H]3O)C(O)[C@H]2O)C(O)[C@@H](O)[C@@H]1O. The number of hydrogen-bond donors (Lipinski definition) is 23. The average Bonchev–Trinajstić information content (AvgIpc) is 3.44. The van der Waals surface area contributed by atoms with E-state index >= 15 is 0 Å². The zero-order valence-corrected chi connectivity index (χ0v) is 40.8. The summed E-state index contributed by atoms with van der Waals surface area (Å²) in [5, 5.41) is 243. The fraction of sp³-hybridized carbons (Fsp3) is 1.00. The van der Waals surface area contributed by atoms with Crippen LogP contribution in [0.1, 0.15) is 0 Å². The van der Waals surface area contributed by atoms with Gasteiger partial charge in [-0.15, -0.1) is 0 Å². The van der Waals surface area contributed by atoms with Crippen LogP contribution in [0.2, 0.25) is 0 Å². The number of rotatable bonds is 19. The van der Waals surface area contributed by atoms with Crippen LogP contribution in [-0.4, -0.2) is 379 Å². The van der Waals surface area contributed by atoms with E-state index < -0.39 is 261 Å². The Morgan fingerprint density at radius 2 is 0.372 bits per heavy atom. The average molecular weight is 1150 g/mol. The standard InChI is InChI=1S/C42H72O36/c43-1-8-15(50)16(51)24(59)37(67-8)74-31-10(3-45)69-39(26(61)18(31)53)76-33-12(5-47)71-41(28(63)20(33)55)78-35-14(7-49)72-42(29(64)22(35)57)77-34-13(6-48)70-40(27(62)21(34)56)75-32-11(4-46)68-38(25(60)19(32)54)73-30-9(2-44)66-36(65)23(58)17(30)52/h8-65H,1-7H2/t8?,9?,10?,11?,12?,13?,14?,15-,16+,17-,18-,19-,20-,21-,22-,23?,24?,25?,26?,27?,28?,29?,30-,31-,32-,33-,34-,35-,36-,37-,38-,39-,40-,41-,42-/m1/s1. The Kier molecular flexibility index (Phi) is 22.6. The summed E-state index contributed by atoms with van der Waals surface area (Å²) in [6, 6.07) is 0. The maximum atomic E-state index is 11.3. The van der Waals surface area contributed by atoms with E-state index in [1.54, 1.807) is 0 Å². The molecule has 35 atom stereocenters. The first kappa shape index (κ1) is 64.1. The predicted molar refractivity (Wildman–Crippen MR) is 232 cm³/mol. The summed E-state index contributed by atoms with van der Waals surface area (Å²) < 4.78 is 71.9. The minimum atomic E-state index is -2.23. The molecule has 456 valence electrons. The van der Waals surface area contributed by atoms with Gasteiger partial charge in [-0.3, -0.25) is 0 Å². The van der Waals surface area contributed by atoms with Gasteiger partial charge in [-0.05, 0) is 0 Å². The second kappa shape index (κ2) is 27.5. The molecule has 0 aromatic heterocycles. The van der Waals surface area contributed by atoms with E-state index in [2.05, 4.69) is 0 Å². The Morgan fingerprint density at radius 3 is 0.590 bits per heavy atom. The van der Waals surface area contributed by atoms with E-state index in [0.717, 1.165) is 0 Å². The van der Waals surface area contributed by atoms with Crippen LogP contribution in [0.5, 0.6) is 0 Å². The van der Waals surface area contributed by atoms with Crippen molar-refractivity contribution in [2.45, 2.75) is 215 Å². The van der Waals surface area contributed by atoms with Crippen molar-refractivity contribution in [1.82, 2.24) is 0 Å². The second-order valence-electron chi connectivity index (χ2n) is 19.6. The van der Waals surface area contributed by atoms with Crippen molar-refractivity contribution >= 4 is 0 Å². The molecule has 0 bridgehead atoms. The third kappa shape index (κ3) is 12.9. The Balaban J connectivity index is 0.947.